The topological polar surface area (TPSA) is 43.1 Å². The number of rotatable bonds is 4. The number of Topliss-reactive ketones (excluding diaryl/α,β-unsaturated/α-hetero) is 1. The fraction of sp³-hybridized carbons (Fsp3) is 0.500. The van der Waals surface area contributed by atoms with E-state index >= 15 is 0 Å². The van der Waals surface area contributed by atoms with Crippen LogP contribution < -0.4 is 5.73 Å². The molecule has 86 valence electrons. The zero-order chi connectivity index (χ0) is 11.8. The molecule has 1 saturated carbocycles. The molecule has 1 aliphatic carbocycles. The molecular formula is C14H19NO. The van der Waals surface area contributed by atoms with Crippen LogP contribution in [0.25, 0.3) is 0 Å². The van der Waals surface area contributed by atoms with Gasteiger partial charge < -0.3 is 5.73 Å². The standard InChI is InChI=1S/C14H19NO/c1-10(2)9-13(16)14(7-8-14)11-3-5-12(15)6-4-11/h3-6,10H,7-9,15H2,1-2H3. The molecule has 0 spiro atoms. The van der Waals surface area contributed by atoms with Crippen LogP contribution in [0.1, 0.15) is 38.7 Å². The summed E-state index contributed by atoms with van der Waals surface area (Å²) in [4.78, 5) is 12.2. The van der Waals surface area contributed by atoms with Gasteiger partial charge in [-0.3, -0.25) is 4.79 Å². The van der Waals surface area contributed by atoms with E-state index in [1.807, 2.05) is 24.3 Å². The Balaban J connectivity index is 2.19. The number of carbonyl (C=O) groups excluding carboxylic acids is 1. The summed E-state index contributed by atoms with van der Waals surface area (Å²) in [5.41, 5.74) is 7.40. The number of nitrogens with two attached hydrogens (primary N) is 1. The second-order valence-electron chi connectivity index (χ2n) is 5.23. The predicted octanol–water partition coefficient (Wildman–Crippen LogP) is 2.92. The summed E-state index contributed by atoms with van der Waals surface area (Å²) in [5.74, 6) is 0.839. The van der Waals surface area contributed by atoms with Gasteiger partial charge in [0.2, 0.25) is 0 Å². The molecule has 0 atom stereocenters. The Labute approximate surface area is 96.8 Å². The second-order valence-corrected chi connectivity index (χ2v) is 5.23. The van der Waals surface area contributed by atoms with Gasteiger partial charge >= 0.3 is 0 Å². The maximum atomic E-state index is 12.2. The molecule has 1 aromatic rings. The Bertz CT molecular complexity index is 388. The predicted molar refractivity (Wildman–Crippen MR) is 66.2 cm³/mol. The highest BCUT2D eigenvalue weighted by atomic mass is 16.1. The van der Waals surface area contributed by atoms with Crippen molar-refractivity contribution in [3.8, 4) is 0 Å². The van der Waals surface area contributed by atoms with Gasteiger partial charge in [-0.25, -0.2) is 0 Å². The van der Waals surface area contributed by atoms with Gasteiger partial charge in [-0.1, -0.05) is 26.0 Å². The van der Waals surface area contributed by atoms with Gasteiger partial charge in [-0.15, -0.1) is 0 Å². The highest BCUT2D eigenvalue weighted by molar-refractivity contribution is 5.93. The van der Waals surface area contributed by atoms with Crippen molar-refractivity contribution >= 4 is 11.5 Å². The van der Waals surface area contributed by atoms with Crippen molar-refractivity contribution < 1.29 is 4.79 Å². The number of benzene rings is 1. The van der Waals surface area contributed by atoms with Crippen LogP contribution in [0, 0.1) is 5.92 Å². The molecule has 0 heterocycles. The molecular weight excluding hydrogens is 198 g/mol. The summed E-state index contributed by atoms with van der Waals surface area (Å²) in [6.45, 7) is 4.19. The van der Waals surface area contributed by atoms with E-state index < -0.39 is 0 Å². The maximum Gasteiger partial charge on any atom is 0.143 e. The van der Waals surface area contributed by atoms with Gasteiger partial charge in [0.15, 0.2) is 0 Å². The first-order chi connectivity index (χ1) is 7.54. The molecule has 0 saturated heterocycles. The zero-order valence-electron chi connectivity index (χ0n) is 9.99. The van der Waals surface area contributed by atoms with E-state index in [0.717, 1.165) is 24.1 Å². The van der Waals surface area contributed by atoms with E-state index in [2.05, 4.69) is 13.8 Å². The van der Waals surface area contributed by atoms with Crippen LogP contribution in [0.2, 0.25) is 0 Å². The van der Waals surface area contributed by atoms with Gasteiger partial charge in [0.05, 0.1) is 5.41 Å². The highest BCUT2D eigenvalue weighted by Gasteiger charge is 2.50. The highest BCUT2D eigenvalue weighted by Crippen LogP contribution is 2.50. The molecule has 1 aromatic carbocycles. The second kappa shape index (κ2) is 3.93. The Morgan fingerprint density at radius 3 is 2.31 bits per heavy atom. The van der Waals surface area contributed by atoms with Crippen molar-refractivity contribution in [2.45, 2.75) is 38.5 Å². The largest absolute Gasteiger partial charge is 0.399 e. The molecule has 0 aliphatic heterocycles. The lowest BCUT2D eigenvalue weighted by atomic mass is 9.87. The van der Waals surface area contributed by atoms with Crippen molar-refractivity contribution in [1.82, 2.24) is 0 Å². The van der Waals surface area contributed by atoms with Crippen LogP contribution in [0.5, 0.6) is 0 Å². The van der Waals surface area contributed by atoms with Crippen molar-refractivity contribution in [2.24, 2.45) is 5.92 Å². The number of ketones is 1. The van der Waals surface area contributed by atoms with Crippen LogP contribution in [-0.2, 0) is 10.2 Å². The minimum Gasteiger partial charge on any atom is -0.399 e. The molecule has 0 unspecified atom stereocenters. The Hall–Kier alpha value is -1.31. The Morgan fingerprint density at radius 2 is 1.88 bits per heavy atom. The number of anilines is 1. The third-order valence-corrected chi connectivity index (χ3v) is 3.34. The van der Waals surface area contributed by atoms with Crippen LogP contribution in [0.4, 0.5) is 5.69 Å². The maximum absolute atomic E-state index is 12.2. The van der Waals surface area contributed by atoms with Crippen LogP contribution in [0.15, 0.2) is 24.3 Å². The van der Waals surface area contributed by atoms with Crippen molar-refractivity contribution in [2.75, 3.05) is 5.73 Å². The van der Waals surface area contributed by atoms with Crippen LogP contribution in [-0.4, -0.2) is 5.78 Å². The van der Waals surface area contributed by atoms with Gasteiger partial charge in [-0.05, 0) is 36.5 Å². The average molecular weight is 217 g/mol. The number of nitrogen functional groups attached to an aromatic ring is 1. The SMILES string of the molecule is CC(C)CC(=O)C1(c2ccc(N)cc2)CC1. The van der Waals surface area contributed by atoms with E-state index in [9.17, 15) is 4.79 Å². The third-order valence-electron chi connectivity index (χ3n) is 3.34. The lowest BCUT2D eigenvalue weighted by Crippen LogP contribution is -2.21. The van der Waals surface area contributed by atoms with Gasteiger partial charge in [-0.2, -0.15) is 0 Å². The van der Waals surface area contributed by atoms with Crippen molar-refractivity contribution in [1.29, 1.82) is 0 Å². The molecule has 2 rings (SSSR count). The van der Waals surface area contributed by atoms with Gasteiger partial charge in [0, 0.05) is 12.1 Å². The molecule has 0 bridgehead atoms. The monoisotopic (exact) mass is 217 g/mol. The van der Waals surface area contributed by atoms with E-state index in [1.54, 1.807) is 0 Å². The van der Waals surface area contributed by atoms with Crippen LogP contribution in [0.3, 0.4) is 0 Å². The summed E-state index contributed by atoms with van der Waals surface area (Å²) >= 11 is 0. The molecule has 2 heteroatoms. The summed E-state index contributed by atoms with van der Waals surface area (Å²) in [7, 11) is 0. The summed E-state index contributed by atoms with van der Waals surface area (Å²) in [6, 6.07) is 7.78. The minimum absolute atomic E-state index is 0.169. The fourth-order valence-electron chi connectivity index (χ4n) is 2.22. The van der Waals surface area contributed by atoms with E-state index in [4.69, 9.17) is 5.73 Å². The lowest BCUT2D eigenvalue weighted by Gasteiger charge is -2.16. The van der Waals surface area contributed by atoms with Gasteiger partial charge in [0.25, 0.3) is 0 Å². The quantitative estimate of drug-likeness (QED) is 0.788. The molecule has 0 amide bonds. The third kappa shape index (κ3) is 1.97. The van der Waals surface area contributed by atoms with Crippen molar-refractivity contribution in [3.63, 3.8) is 0 Å². The first-order valence-electron chi connectivity index (χ1n) is 5.94. The van der Waals surface area contributed by atoms with Gasteiger partial charge in [0.1, 0.15) is 5.78 Å². The van der Waals surface area contributed by atoms with E-state index in [0.29, 0.717) is 18.1 Å². The average Bonchev–Trinajstić information content (AvgIpc) is 2.98. The Morgan fingerprint density at radius 1 is 1.31 bits per heavy atom. The molecule has 16 heavy (non-hydrogen) atoms. The summed E-state index contributed by atoms with van der Waals surface area (Å²) < 4.78 is 0. The molecule has 1 aliphatic rings. The minimum atomic E-state index is -0.169. The van der Waals surface area contributed by atoms with Crippen LogP contribution >= 0.6 is 0 Å². The van der Waals surface area contributed by atoms with Crippen molar-refractivity contribution in [3.05, 3.63) is 29.8 Å². The van der Waals surface area contributed by atoms with E-state index in [-0.39, 0.29) is 5.41 Å². The molecule has 2 nitrogen and oxygen atoms in total. The first-order valence-corrected chi connectivity index (χ1v) is 5.94. The normalized spacial score (nSPS) is 17.4. The Kier molecular flexibility index (Phi) is 2.75. The number of hydrogen-bond donors (Lipinski definition) is 1. The fourth-order valence-corrected chi connectivity index (χ4v) is 2.22. The number of hydrogen-bond acceptors (Lipinski definition) is 2. The molecule has 0 radical (unpaired) electrons. The molecule has 0 aromatic heterocycles. The van der Waals surface area contributed by atoms with E-state index in [1.165, 1.54) is 0 Å². The summed E-state index contributed by atoms with van der Waals surface area (Å²) in [6.07, 6.45) is 2.69. The summed E-state index contributed by atoms with van der Waals surface area (Å²) in [5, 5.41) is 0. The smallest absolute Gasteiger partial charge is 0.143 e. The zero-order valence-corrected chi connectivity index (χ0v) is 9.99. The number of carbonyl (C=O) groups is 1. The lowest BCUT2D eigenvalue weighted by molar-refractivity contribution is -0.122. The first kappa shape index (κ1) is 11.2. The molecule has 1 fully saturated rings. The molecule has 2 N–H and O–H groups in total.